The molecule has 1 rings (SSSR count). The van der Waals surface area contributed by atoms with Gasteiger partial charge in [0.25, 0.3) is 0 Å². The van der Waals surface area contributed by atoms with Gasteiger partial charge in [-0.1, -0.05) is 13.8 Å². The van der Waals surface area contributed by atoms with E-state index in [0.29, 0.717) is 0 Å². The van der Waals surface area contributed by atoms with Gasteiger partial charge in [-0.05, 0) is 39.2 Å². The molecule has 0 unspecified atom stereocenters. The Morgan fingerprint density at radius 3 is 2.71 bits per heavy atom. The van der Waals surface area contributed by atoms with Crippen LogP contribution in [0.5, 0.6) is 0 Å². The predicted molar refractivity (Wildman–Crippen MR) is 70.3 cm³/mol. The number of pyridine rings is 1. The fourth-order valence-corrected chi connectivity index (χ4v) is 2.19. The van der Waals surface area contributed by atoms with Crippen LogP contribution in [0.3, 0.4) is 0 Å². The van der Waals surface area contributed by atoms with Crippen molar-refractivity contribution in [3.05, 3.63) is 22.8 Å². The van der Waals surface area contributed by atoms with Crippen LogP contribution in [0, 0.1) is 5.41 Å². The third-order valence-electron chi connectivity index (χ3n) is 1.74. The first-order valence-corrected chi connectivity index (χ1v) is 6.80. The van der Waals surface area contributed by atoms with Crippen LogP contribution in [0.25, 0.3) is 0 Å². The molecule has 0 bridgehead atoms. The third-order valence-corrected chi connectivity index (χ3v) is 4.53. The molecule has 4 heteroatoms. The Bertz CT molecular complexity index is 285. The summed E-state index contributed by atoms with van der Waals surface area (Å²) in [6, 6.07) is 4.05. The summed E-state index contributed by atoms with van der Waals surface area (Å²) in [5, 5.41) is 1.07. The lowest BCUT2D eigenvalue weighted by atomic mass is 10.0. The normalized spacial score (nSPS) is 11.7. The quantitative estimate of drug-likeness (QED) is 0.668. The molecule has 0 radical (unpaired) electrons. The van der Waals surface area contributed by atoms with E-state index in [-0.39, 0.29) is 5.41 Å². The monoisotopic (exact) mass is 291 g/mol. The average Bonchev–Trinajstić information content (AvgIpc) is 2.17. The van der Waals surface area contributed by atoms with Gasteiger partial charge in [-0.2, -0.15) is 12.6 Å². The van der Waals surface area contributed by atoms with Crippen molar-refractivity contribution >= 4 is 40.3 Å². The number of halogens is 1. The average molecular weight is 292 g/mol. The molecule has 0 aliphatic heterocycles. The topological polar surface area (TPSA) is 12.9 Å². The van der Waals surface area contributed by atoms with Crippen LogP contribution in [0.4, 0.5) is 0 Å². The zero-order valence-electron chi connectivity index (χ0n) is 8.33. The highest BCUT2D eigenvalue weighted by atomic mass is 79.9. The molecule has 0 aliphatic rings. The first-order valence-electron chi connectivity index (χ1n) is 4.39. The minimum atomic E-state index is 0.266. The highest BCUT2D eigenvalue weighted by Gasteiger charge is 2.15. The molecule has 0 N–H and O–H groups in total. The van der Waals surface area contributed by atoms with Gasteiger partial charge in [0.15, 0.2) is 0 Å². The van der Waals surface area contributed by atoms with E-state index in [1.807, 2.05) is 18.3 Å². The molecule has 0 aliphatic carbocycles. The molecule has 0 saturated heterocycles. The summed E-state index contributed by atoms with van der Waals surface area (Å²) in [7, 11) is 0. The minimum absolute atomic E-state index is 0.266. The second-order valence-corrected chi connectivity index (χ2v) is 6.15. The van der Waals surface area contributed by atoms with E-state index in [1.54, 1.807) is 11.8 Å². The van der Waals surface area contributed by atoms with E-state index in [0.717, 1.165) is 21.0 Å². The lowest BCUT2D eigenvalue weighted by molar-refractivity contribution is 0.493. The molecule has 1 heterocycles. The van der Waals surface area contributed by atoms with E-state index in [4.69, 9.17) is 0 Å². The Morgan fingerprint density at radius 2 is 2.21 bits per heavy atom. The molecule has 0 spiro atoms. The Morgan fingerprint density at radius 1 is 1.50 bits per heavy atom. The second-order valence-electron chi connectivity index (χ2n) is 3.93. The fraction of sp³-hybridized carbons (Fsp3) is 0.500. The van der Waals surface area contributed by atoms with Crippen LogP contribution in [0.1, 0.15) is 13.8 Å². The molecular weight excluding hydrogens is 278 g/mol. The molecule has 0 amide bonds. The summed E-state index contributed by atoms with van der Waals surface area (Å²) in [5.74, 6) is 1.95. The maximum Gasteiger partial charge on any atom is 0.0960 e. The summed E-state index contributed by atoms with van der Waals surface area (Å²) in [4.78, 5) is 4.31. The van der Waals surface area contributed by atoms with E-state index < -0.39 is 0 Å². The van der Waals surface area contributed by atoms with Gasteiger partial charge < -0.3 is 0 Å². The molecule has 14 heavy (non-hydrogen) atoms. The van der Waals surface area contributed by atoms with Crippen molar-refractivity contribution in [2.24, 2.45) is 5.41 Å². The third kappa shape index (κ3) is 4.24. The number of thioether (sulfide) groups is 1. The molecule has 0 atom stereocenters. The van der Waals surface area contributed by atoms with Crippen molar-refractivity contribution < 1.29 is 0 Å². The molecular formula is C10H14BrNS2. The largest absolute Gasteiger partial charge is 0.249 e. The van der Waals surface area contributed by atoms with Gasteiger partial charge in [0.2, 0.25) is 0 Å². The lowest BCUT2D eigenvalue weighted by Crippen LogP contribution is -2.16. The van der Waals surface area contributed by atoms with Crippen molar-refractivity contribution in [1.82, 2.24) is 4.98 Å². The van der Waals surface area contributed by atoms with Gasteiger partial charge in [0.05, 0.1) is 5.03 Å². The van der Waals surface area contributed by atoms with Crippen molar-refractivity contribution in [3.63, 3.8) is 0 Å². The highest BCUT2D eigenvalue weighted by molar-refractivity contribution is 9.10. The zero-order chi connectivity index (χ0) is 10.6. The Balaban J connectivity index is 2.50. The van der Waals surface area contributed by atoms with Gasteiger partial charge in [-0.25, -0.2) is 4.98 Å². The van der Waals surface area contributed by atoms with Crippen molar-refractivity contribution in [2.45, 2.75) is 18.9 Å². The van der Waals surface area contributed by atoms with E-state index >= 15 is 0 Å². The maximum absolute atomic E-state index is 4.32. The number of rotatable bonds is 4. The summed E-state index contributed by atoms with van der Waals surface area (Å²) in [6.45, 7) is 4.43. The molecule has 1 nitrogen and oxygen atoms in total. The predicted octanol–water partition coefficient (Wildman–Crippen LogP) is 3.89. The first kappa shape index (κ1) is 12.4. The number of hydrogen-bond donors (Lipinski definition) is 1. The summed E-state index contributed by atoms with van der Waals surface area (Å²) in [6.07, 6.45) is 1.83. The minimum Gasteiger partial charge on any atom is -0.249 e. The van der Waals surface area contributed by atoms with Gasteiger partial charge in [0.1, 0.15) is 0 Å². The van der Waals surface area contributed by atoms with Crippen LogP contribution in [0.2, 0.25) is 0 Å². The number of hydrogen-bond acceptors (Lipinski definition) is 3. The first-order chi connectivity index (χ1) is 6.53. The number of aromatic nitrogens is 1. The Labute approximate surface area is 104 Å². The molecule has 0 aromatic carbocycles. The smallest absolute Gasteiger partial charge is 0.0960 e. The fourth-order valence-electron chi connectivity index (χ4n) is 0.763. The molecule has 1 aromatic rings. The maximum atomic E-state index is 4.32. The summed E-state index contributed by atoms with van der Waals surface area (Å²) in [5.41, 5.74) is 0.266. The van der Waals surface area contributed by atoms with Gasteiger partial charge in [-0.15, -0.1) is 11.8 Å². The highest BCUT2D eigenvalue weighted by Crippen LogP contribution is 2.27. The summed E-state index contributed by atoms with van der Waals surface area (Å²) >= 11 is 9.47. The summed E-state index contributed by atoms with van der Waals surface area (Å²) < 4.78 is 1.02. The van der Waals surface area contributed by atoms with Gasteiger partial charge in [-0.3, -0.25) is 0 Å². The van der Waals surface area contributed by atoms with Gasteiger partial charge >= 0.3 is 0 Å². The van der Waals surface area contributed by atoms with Crippen LogP contribution >= 0.6 is 40.3 Å². The van der Waals surface area contributed by atoms with E-state index in [9.17, 15) is 0 Å². The van der Waals surface area contributed by atoms with Crippen LogP contribution in [-0.4, -0.2) is 16.5 Å². The second kappa shape index (κ2) is 5.42. The van der Waals surface area contributed by atoms with E-state index in [2.05, 4.69) is 47.4 Å². The molecule has 0 saturated carbocycles. The van der Waals surface area contributed by atoms with Crippen molar-refractivity contribution in [1.29, 1.82) is 0 Å². The number of thiol groups is 1. The zero-order valence-corrected chi connectivity index (χ0v) is 11.6. The molecule has 0 fully saturated rings. The lowest BCUT2D eigenvalue weighted by Gasteiger charge is -2.20. The van der Waals surface area contributed by atoms with Crippen LogP contribution < -0.4 is 0 Å². The SMILES string of the molecule is CC(C)(CS)CSc1ccc(Br)cn1. The van der Waals surface area contributed by atoms with Crippen molar-refractivity contribution in [3.8, 4) is 0 Å². The van der Waals surface area contributed by atoms with Crippen LogP contribution in [-0.2, 0) is 0 Å². The Kier molecular flexibility index (Phi) is 4.80. The van der Waals surface area contributed by atoms with Gasteiger partial charge in [0, 0.05) is 16.4 Å². The van der Waals surface area contributed by atoms with Crippen molar-refractivity contribution in [2.75, 3.05) is 11.5 Å². The molecule has 78 valence electrons. The molecule has 1 aromatic heterocycles. The Hall–Kier alpha value is 0.330. The van der Waals surface area contributed by atoms with E-state index in [1.165, 1.54) is 0 Å². The van der Waals surface area contributed by atoms with Crippen LogP contribution in [0.15, 0.2) is 27.8 Å². The standard InChI is InChI=1S/C10H14BrNS2/c1-10(2,6-13)7-14-9-4-3-8(11)5-12-9/h3-5,13H,6-7H2,1-2H3. The number of nitrogens with zero attached hydrogens (tertiary/aromatic N) is 1.